The maximum atomic E-state index is 12.4. The number of carbonyl (C=O) groups excluding carboxylic acids is 2. The minimum atomic E-state index is -0.771. The molecule has 0 aromatic heterocycles. The maximum absolute atomic E-state index is 12.4. The van der Waals surface area contributed by atoms with E-state index >= 15 is 0 Å². The van der Waals surface area contributed by atoms with Gasteiger partial charge in [-0.15, -0.1) is 0 Å². The highest BCUT2D eigenvalue weighted by atomic mass is 16.6. The molecule has 1 N–H and O–H groups in total. The minimum Gasteiger partial charge on any atom is -0.462 e. The Morgan fingerprint density at radius 1 is 0.287 bits per heavy atom. The standard InChI is InChI=1S/C75H140O5/c1-3-5-7-9-11-13-15-17-19-21-23-25-27-29-31-33-34-35-36-37-38-39-40-42-44-46-48-50-52-54-56-58-60-62-64-66-68-70-75(78)80-73(71-76)72-79-74(77)69-67-65-63-61-59-57-55-53-51-49-47-45-43-41-32-30-28-26-24-22-20-18-16-14-12-10-8-6-4-2/h15-18,21-24,73,76H,3-14,19-20,25-72H2,1-2H3/b17-15-,18-16-,23-21-,24-22-. The second-order valence-electron chi connectivity index (χ2n) is 24.7. The number of rotatable bonds is 68. The first-order valence-electron chi connectivity index (χ1n) is 36.2. The van der Waals surface area contributed by atoms with Crippen LogP contribution < -0.4 is 0 Å². The largest absolute Gasteiger partial charge is 0.462 e. The molecule has 0 rings (SSSR count). The molecule has 0 heterocycles. The summed E-state index contributed by atoms with van der Waals surface area (Å²) in [7, 11) is 0. The van der Waals surface area contributed by atoms with E-state index in [2.05, 4.69) is 62.5 Å². The number of carbonyl (C=O) groups is 2. The lowest BCUT2D eigenvalue weighted by Crippen LogP contribution is -2.28. The lowest BCUT2D eigenvalue weighted by molar-refractivity contribution is -0.161. The van der Waals surface area contributed by atoms with Crippen LogP contribution in [0.4, 0.5) is 0 Å². The Morgan fingerprint density at radius 3 is 0.738 bits per heavy atom. The van der Waals surface area contributed by atoms with Crippen molar-refractivity contribution in [3.8, 4) is 0 Å². The highest BCUT2D eigenvalue weighted by Crippen LogP contribution is 2.19. The van der Waals surface area contributed by atoms with Gasteiger partial charge in [0.05, 0.1) is 6.61 Å². The van der Waals surface area contributed by atoms with E-state index in [1.54, 1.807) is 0 Å². The Kier molecular flexibility index (Phi) is 69.2. The third kappa shape index (κ3) is 68.4. The number of unbranched alkanes of at least 4 members (excludes halogenated alkanes) is 52. The molecule has 0 aromatic carbocycles. The summed E-state index contributed by atoms with van der Waals surface area (Å²) in [4.78, 5) is 24.7. The predicted molar refractivity (Wildman–Crippen MR) is 353 cm³/mol. The molecule has 5 heteroatoms. The van der Waals surface area contributed by atoms with Crippen LogP contribution in [-0.2, 0) is 19.1 Å². The molecule has 0 radical (unpaired) electrons. The Balaban J connectivity index is 3.38. The van der Waals surface area contributed by atoms with Crippen LogP contribution in [-0.4, -0.2) is 36.4 Å². The molecule has 0 aliphatic carbocycles. The van der Waals surface area contributed by atoms with Crippen LogP contribution in [0.25, 0.3) is 0 Å². The molecule has 1 unspecified atom stereocenters. The Bertz CT molecular complexity index is 1320. The summed E-state index contributed by atoms with van der Waals surface area (Å²) in [5.41, 5.74) is 0. The van der Waals surface area contributed by atoms with Crippen LogP contribution in [0.15, 0.2) is 48.6 Å². The van der Waals surface area contributed by atoms with Gasteiger partial charge in [-0.25, -0.2) is 0 Å². The van der Waals surface area contributed by atoms with Gasteiger partial charge >= 0.3 is 11.9 Å². The van der Waals surface area contributed by atoms with Gasteiger partial charge < -0.3 is 14.6 Å². The smallest absolute Gasteiger partial charge is 0.306 e. The quantitative estimate of drug-likeness (QED) is 0.0373. The molecule has 80 heavy (non-hydrogen) atoms. The summed E-state index contributed by atoms with van der Waals surface area (Å²) in [5, 5.41) is 9.71. The molecule has 0 aromatic rings. The lowest BCUT2D eigenvalue weighted by Gasteiger charge is -2.15. The zero-order chi connectivity index (χ0) is 57.6. The van der Waals surface area contributed by atoms with Crippen LogP contribution in [0.2, 0.25) is 0 Å². The fourth-order valence-electron chi connectivity index (χ4n) is 11.2. The van der Waals surface area contributed by atoms with Gasteiger partial charge in [0.25, 0.3) is 0 Å². The molecule has 0 saturated heterocycles. The summed E-state index contributed by atoms with van der Waals surface area (Å²) < 4.78 is 10.8. The van der Waals surface area contributed by atoms with E-state index in [0.29, 0.717) is 12.8 Å². The second-order valence-corrected chi connectivity index (χ2v) is 24.7. The zero-order valence-electron chi connectivity index (χ0n) is 54.1. The number of allylic oxidation sites excluding steroid dienone is 8. The number of ether oxygens (including phenoxy) is 2. The van der Waals surface area contributed by atoms with Crippen molar-refractivity contribution < 1.29 is 24.2 Å². The van der Waals surface area contributed by atoms with Crippen LogP contribution in [0.1, 0.15) is 399 Å². The number of hydrogen-bond acceptors (Lipinski definition) is 5. The lowest BCUT2D eigenvalue weighted by atomic mass is 10.0. The van der Waals surface area contributed by atoms with Gasteiger partial charge in [0.2, 0.25) is 0 Å². The first-order valence-corrected chi connectivity index (χ1v) is 36.2. The van der Waals surface area contributed by atoms with Crippen molar-refractivity contribution in [3.05, 3.63) is 48.6 Å². The first kappa shape index (κ1) is 77.9. The second kappa shape index (κ2) is 71.1. The van der Waals surface area contributed by atoms with Crippen molar-refractivity contribution in [2.75, 3.05) is 13.2 Å². The van der Waals surface area contributed by atoms with Crippen molar-refractivity contribution >= 4 is 11.9 Å². The Labute approximate surface area is 500 Å². The van der Waals surface area contributed by atoms with Gasteiger partial charge in [-0.05, 0) is 77.0 Å². The van der Waals surface area contributed by atoms with Crippen molar-refractivity contribution in [2.24, 2.45) is 0 Å². The summed E-state index contributed by atoms with van der Waals surface area (Å²) in [6.45, 7) is 4.18. The number of hydrogen-bond donors (Lipinski definition) is 1. The molecular weight excluding hydrogens is 981 g/mol. The van der Waals surface area contributed by atoms with Crippen molar-refractivity contribution in [1.82, 2.24) is 0 Å². The third-order valence-corrected chi connectivity index (χ3v) is 16.6. The molecule has 0 aliphatic heterocycles. The molecule has 0 saturated carbocycles. The number of aliphatic hydroxyl groups excluding tert-OH is 1. The van der Waals surface area contributed by atoms with Gasteiger partial charge in [0.15, 0.2) is 6.10 Å². The highest BCUT2D eigenvalue weighted by Gasteiger charge is 2.16. The molecule has 0 aliphatic rings. The van der Waals surface area contributed by atoms with Crippen LogP contribution in [0.5, 0.6) is 0 Å². The van der Waals surface area contributed by atoms with Gasteiger partial charge in [0, 0.05) is 12.8 Å². The Hall–Kier alpha value is -2.14. The van der Waals surface area contributed by atoms with Gasteiger partial charge in [-0.1, -0.05) is 358 Å². The number of esters is 2. The molecule has 1 atom stereocenters. The number of aliphatic hydroxyl groups is 1. The van der Waals surface area contributed by atoms with Gasteiger partial charge in [0.1, 0.15) is 6.61 Å². The molecular formula is C75H140O5. The van der Waals surface area contributed by atoms with Crippen LogP contribution in [0.3, 0.4) is 0 Å². The normalized spacial score (nSPS) is 12.4. The zero-order valence-corrected chi connectivity index (χ0v) is 54.1. The molecule has 0 fully saturated rings. The molecule has 0 amide bonds. The molecule has 0 spiro atoms. The molecule has 0 bridgehead atoms. The van der Waals surface area contributed by atoms with E-state index < -0.39 is 6.10 Å². The van der Waals surface area contributed by atoms with E-state index in [-0.39, 0.29) is 25.2 Å². The predicted octanol–water partition coefficient (Wildman–Crippen LogP) is 25.1. The van der Waals surface area contributed by atoms with Crippen molar-refractivity contribution in [3.63, 3.8) is 0 Å². The summed E-state index contributed by atoms with van der Waals surface area (Å²) in [6.07, 6.45) is 95.9. The van der Waals surface area contributed by atoms with Crippen LogP contribution >= 0.6 is 0 Å². The monoisotopic (exact) mass is 1120 g/mol. The summed E-state index contributed by atoms with van der Waals surface area (Å²) in [6, 6.07) is 0. The van der Waals surface area contributed by atoms with Gasteiger partial charge in [-0.2, -0.15) is 0 Å². The maximum Gasteiger partial charge on any atom is 0.306 e. The minimum absolute atomic E-state index is 0.0602. The van der Waals surface area contributed by atoms with E-state index in [1.165, 1.54) is 321 Å². The highest BCUT2D eigenvalue weighted by molar-refractivity contribution is 5.70. The topological polar surface area (TPSA) is 72.8 Å². The van der Waals surface area contributed by atoms with Crippen molar-refractivity contribution in [1.29, 1.82) is 0 Å². The van der Waals surface area contributed by atoms with E-state index in [9.17, 15) is 14.7 Å². The molecule has 470 valence electrons. The third-order valence-electron chi connectivity index (χ3n) is 16.6. The fraction of sp³-hybridized carbons (Fsp3) is 0.867. The average molecular weight is 1120 g/mol. The van der Waals surface area contributed by atoms with E-state index in [1.807, 2.05) is 0 Å². The van der Waals surface area contributed by atoms with Crippen molar-refractivity contribution in [2.45, 2.75) is 405 Å². The van der Waals surface area contributed by atoms with Crippen LogP contribution in [0, 0.1) is 0 Å². The average Bonchev–Trinajstić information content (AvgIpc) is 3.46. The first-order chi connectivity index (χ1) is 39.6. The van der Waals surface area contributed by atoms with E-state index in [4.69, 9.17) is 9.47 Å². The molecule has 5 nitrogen and oxygen atoms in total. The fourth-order valence-corrected chi connectivity index (χ4v) is 11.2. The van der Waals surface area contributed by atoms with E-state index in [0.717, 1.165) is 51.4 Å². The summed E-state index contributed by atoms with van der Waals surface area (Å²) in [5.74, 6) is -0.567. The Morgan fingerprint density at radius 2 is 0.500 bits per heavy atom. The SMILES string of the molecule is CCCCCCC/C=C\C/C=C\CCCCCCCCCCCCCCCCCCCCCCCCCCCC(=O)OC(CO)COC(=O)CCCCCCCCCCCCCCCCCCC/C=C\C/C=C\CCCCCCC. The van der Waals surface area contributed by atoms with Gasteiger partial charge in [-0.3, -0.25) is 9.59 Å². The summed E-state index contributed by atoms with van der Waals surface area (Å²) >= 11 is 0.